The minimum absolute atomic E-state index is 0.0427. The lowest BCUT2D eigenvalue weighted by molar-refractivity contribution is 0.0996. The molecule has 2 aromatic carbocycles. The standard InChI is InChI=1S/C15H10Cl2N4O2/c16-9-3-8(4-10(17)6-9)7-1-2-11(12(22)5-7)13-14(15(18)23)20-21-19-13/h1-6,22H,(H2,18,23)(H,19,20,21). The first kappa shape index (κ1) is 15.3. The van der Waals surface area contributed by atoms with Gasteiger partial charge < -0.3 is 10.8 Å². The van der Waals surface area contributed by atoms with Gasteiger partial charge in [-0.05, 0) is 41.5 Å². The van der Waals surface area contributed by atoms with E-state index in [2.05, 4.69) is 15.4 Å². The molecule has 3 rings (SSSR count). The van der Waals surface area contributed by atoms with E-state index in [1.807, 2.05) is 0 Å². The average molecular weight is 349 g/mol. The quantitative estimate of drug-likeness (QED) is 0.675. The molecule has 116 valence electrons. The number of nitrogens with two attached hydrogens (primary N) is 1. The lowest BCUT2D eigenvalue weighted by atomic mass is 10.0. The molecule has 0 fully saturated rings. The number of primary amides is 1. The van der Waals surface area contributed by atoms with Crippen LogP contribution < -0.4 is 5.73 Å². The summed E-state index contributed by atoms with van der Waals surface area (Å²) in [6.07, 6.45) is 0. The van der Waals surface area contributed by atoms with Crippen LogP contribution in [-0.2, 0) is 0 Å². The van der Waals surface area contributed by atoms with E-state index in [0.29, 0.717) is 21.2 Å². The van der Waals surface area contributed by atoms with E-state index >= 15 is 0 Å². The smallest absolute Gasteiger partial charge is 0.271 e. The van der Waals surface area contributed by atoms with E-state index in [1.165, 1.54) is 6.07 Å². The highest BCUT2D eigenvalue weighted by molar-refractivity contribution is 6.35. The summed E-state index contributed by atoms with van der Waals surface area (Å²) in [6.45, 7) is 0. The molecule has 8 heteroatoms. The van der Waals surface area contributed by atoms with Gasteiger partial charge in [0, 0.05) is 15.6 Å². The zero-order chi connectivity index (χ0) is 16.6. The van der Waals surface area contributed by atoms with Crippen molar-refractivity contribution in [1.29, 1.82) is 0 Å². The summed E-state index contributed by atoms with van der Waals surface area (Å²) < 4.78 is 0. The molecule has 0 unspecified atom stereocenters. The molecule has 3 aromatic rings. The fourth-order valence-corrected chi connectivity index (χ4v) is 2.75. The van der Waals surface area contributed by atoms with E-state index < -0.39 is 5.91 Å². The molecule has 0 aliphatic carbocycles. The number of aromatic hydroxyl groups is 1. The van der Waals surface area contributed by atoms with Crippen LogP contribution in [0.4, 0.5) is 0 Å². The minimum Gasteiger partial charge on any atom is -0.507 e. The number of aromatic nitrogens is 3. The van der Waals surface area contributed by atoms with Crippen molar-refractivity contribution in [2.45, 2.75) is 0 Å². The van der Waals surface area contributed by atoms with Gasteiger partial charge in [-0.2, -0.15) is 15.4 Å². The first-order valence-corrected chi connectivity index (χ1v) is 7.21. The molecule has 0 saturated carbocycles. The van der Waals surface area contributed by atoms with Gasteiger partial charge in [-0.15, -0.1) is 0 Å². The van der Waals surface area contributed by atoms with Crippen molar-refractivity contribution in [2.24, 2.45) is 5.73 Å². The number of carbonyl (C=O) groups excluding carboxylic acids is 1. The Kier molecular flexibility index (Phi) is 3.94. The molecule has 4 N–H and O–H groups in total. The van der Waals surface area contributed by atoms with E-state index in [0.717, 1.165) is 5.56 Å². The third-order valence-electron chi connectivity index (χ3n) is 3.23. The first-order chi connectivity index (χ1) is 11.0. The van der Waals surface area contributed by atoms with Gasteiger partial charge in [0.25, 0.3) is 5.91 Å². The zero-order valence-corrected chi connectivity index (χ0v) is 13.1. The molecule has 0 bridgehead atoms. The lowest BCUT2D eigenvalue weighted by Crippen LogP contribution is -2.12. The summed E-state index contributed by atoms with van der Waals surface area (Å²) in [7, 11) is 0. The Morgan fingerprint density at radius 2 is 1.74 bits per heavy atom. The fraction of sp³-hybridized carbons (Fsp3) is 0. The topological polar surface area (TPSA) is 105 Å². The van der Waals surface area contributed by atoms with E-state index in [4.69, 9.17) is 28.9 Å². The summed E-state index contributed by atoms with van der Waals surface area (Å²) in [5.74, 6) is -0.811. The van der Waals surface area contributed by atoms with Crippen molar-refractivity contribution in [3.63, 3.8) is 0 Å². The van der Waals surface area contributed by atoms with Crippen LogP contribution in [-0.4, -0.2) is 26.4 Å². The van der Waals surface area contributed by atoms with Crippen molar-refractivity contribution in [2.75, 3.05) is 0 Å². The molecule has 0 aliphatic heterocycles. The molecule has 6 nitrogen and oxygen atoms in total. The normalized spacial score (nSPS) is 10.7. The molecule has 0 spiro atoms. The van der Waals surface area contributed by atoms with Crippen molar-refractivity contribution >= 4 is 29.1 Å². The Bertz CT molecular complexity index is 888. The van der Waals surface area contributed by atoms with Gasteiger partial charge in [0.15, 0.2) is 5.69 Å². The van der Waals surface area contributed by atoms with Crippen molar-refractivity contribution < 1.29 is 9.90 Å². The molecule has 0 atom stereocenters. The molecule has 1 aromatic heterocycles. The lowest BCUT2D eigenvalue weighted by Gasteiger charge is -2.07. The van der Waals surface area contributed by atoms with Crippen LogP contribution in [0.5, 0.6) is 5.75 Å². The summed E-state index contributed by atoms with van der Waals surface area (Å²) in [6, 6.07) is 9.96. The average Bonchev–Trinajstić information content (AvgIpc) is 2.95. The number of aromatic amines is 1. The summed E-state index contributed by atoms with van der Waals surface area (Å²) >= 11 is 12.0. The molecule has 0 saturated heterocycles. The van der Waals surface area contributed by atoms with Crippen LogP contribution >= 0.6 is 23.2 Å². The molecule has 0 radical (unpaired) electrons. The number of H-pyrrole nitrogens is 1. The molecule has 0 aliphatic rings. The fourth-order valence-electron chi connectivity index (χ4n) is 2.22. The van der Waals surface area contributed by atoms with Gasteiger partial charge in [0.2, 0.25) is 0 Å². The third kappa shape index (κ3) is 2.99. The van der Waals surface area contributed by atoms with Crippen LogP contribution in [0.3, 0.4) is 0 Å². The maximum Gasteiger partial charge on any atom is 0.271 e. The highest BCUT2D eigenvalue weighted by Gasteiger charge is 2.18. The maximum absolute atomic E-state index is 11.3. The van der Waals surface area contributed by atoms with Crippen LogP contribution in [0, 0.1) is 0 Å². The number of carbonyl (C=O) groups is 1. The van der Waals surface area contributed by atoms with Gasteiger partial charge in [-0.3, -0.25) is 4.79 Å². The van der Waals surface area contributed by atoms with Crippen molar-refractivity contribution in [3.8, 4) is 28.1 Å². The molecular weight excluding hydrogens is 339 g/mol. The number of benzene rings is 2. The Morgan fingerprint density at radius 1 is 1.04 bits per heavy atom. The second-order valence-electron chi connectivity index (χ2n) is 4.78. The summed E-state index contributed by atoms with van der Waals surface area (Å²) in [5, 5.41) is 21.1. The predicted molar refractivity (Wildman–Crippen MR) is 87.5 cm³/mol. The number of hydrogen-bond acceptors (Lipinski definition) is 4. The highest BCUT2D eigenvalue weighted by Crippen LogP contribution is 2.35. The van der Waals surface area contributed by atoms with E-state index in [-0.39, 0.29) is 17.1 Å². The van der Waals surface area contributed by atoms with Gasteiger partial charge in [0.05, 0.1) is 0 Å². The maximum atomic E-state index is 11.3. The highest BCUT2D eigenvalue weighted by atomic mass is 35.5. The largest absolute Gasteiger partial charge is 0.507 e. The number of halogens is 2. The van der Waals surface area contributed by atoms with Crippen LogP contribution in [0.1, 0.15) is 10.5 Å². The Hall–Kier alpha value is -2.57. The first-order valence-electron chi connectivity index (χ1n) is 6.46. The number of hydrogen-bond donors (Lipinski definition) is 3. The number of nitrogens with one attached hydrogen (secondary N) is 1. The van der Waals surface area contributed by atoms with Gasteiger partial charge in [-0.1, -0.05) is 29.3 Å². The SMILES string of the molecule is NC(=O)c1n[nH]nc1-c1ccc(-c2cc(Cl)cc(Cl)c2)cc1O. The molecule has 1 heterocycles. The Balaban J connectivity index is 2.07. The molecular formula is C15H10Cl2N4O2. The minimum atomic E-state index is -0.737. The summed E-state index contributed by atoms with van der Waals surface area (Å²) in [5.41, 5.74) is 7.17. The third-order valence-corrected chi connectivity index (χ3v) is 3.67. The molecule has 1 amide bonds. The van der Waals surface area contributed by atoms with Crippen LogP contribution in [0.2, 0.25) is 10.0 Å². The number of rotatable bonds is 3. The van der Waals surface area contributed by atoms with Gasteiger partial charge in [-0.25, -0.2) is 0 Å². The van der Waals surface area contributed by atoms with E-state index in [9.17, 15) is 9.90 Å². The predicted octanol–water partition coefficient (Wildman–Crippen LogP) is 3.25. The monoisotopic (exact) mass is 348 g/mol. The second-order valence-corrected chi connectivity index (χ2v) is 5.65. The number of amides is 1. The van der Waals surface area contributed by atoms with Gasteiger partial charge in [0.1, 0.15) is 11.4 Å². The van der Waals surface area contributed by atoms with Crippen LogP contribution in [0.25, 0.3) is 22.4 Å². The number of nitrogens with zero attached hydrogens (tertiary/aromatic N) is 2. The number of phenols is 1. The van der Waals surface area contributed by atoms with Crippen molar-refractivity contribution in [1.82, 2.24) is 15.4 Å². The number of phenolic OH excluding ortho intramolecular Hbond substituents is 1. The zero-order valence-electron chi connectivity index (χ0n) is 11.5. The van der Waals surface area contributed by atoms with Crippen LogP contribution in [0.15, 0.2) is 36.4 Å². The van der Waals surface area contributed by atoms with Crippen molar-refractivity contribution in [3.05, 3.63) is 52.1 Å². The van der Waals surface area contributed by atoms with Gasteiger partial charge >= 0.3 is 0 Å². The molecule has 23 heavy (non-hydrogen) atoms. The summed E-state index contributed by atoms with van der Waals surface area (Å²) in [4.78, 5) is 11.3. The second kappa shape index (κ2) is 5.91. The Morgan fingerprint density at radius 3 is 2.35 bits per heavy atom. The van der Waals surface area contributed by atoms with E-state index in [1.54, 1.807) is 30.3 Å². The Labute approximate surface area is 140 Å².